The van der Waals surface area contributed by atoms with Gasteiger partial charge in [-0.1, -0.05) is 24.3 Å². The quantitative estimate of drug-likeness (QED) is 0.0701. The van der Waals surface area contributed by atoms with Gasteiger partial charge in [0, 0.05) is 103 Å². The minimum atomic E-state index is -0.822. The van der Waals surface area contributed by atoms with E-state index in [0.29, 0.717) is 81.0 Å². The van der Waals surface area contributed by atoms with Gasteiger partial charge in [0.1, 0.15) is 23.8 Å². The monoisotopic (exact) mass is 1070 g/mol. The van der Waals surface area contributed by atoms with Crippen molar-refractivity contribution in [2.24, 2.45) is 0 Å². The lowest BCUT2D eigenvalue weighted by molar-refractivity contribution is -0.385. The van der Waals surface area contributed by atoms with Crippen LogP contribution in [0.3, 0.4) is 0 Å². The molecule has 4 N–H and O–H groups in total. The largest absolute Gasteiger partial charge is 0.481 e. The molecule has 4 heterocycles. The van der Waals surface area contributed by atoms with Crippen molar-refractivity contribution in [3.63, 3.8) is 0 Å². The first kappa shape index (κ1) is 57.8. The third kappa shape index (κ3) is 17.3. The number of nitrogens with zero attached hydrogens (tertiary/aromatic N) is 7. The van der Waals surface area contributed by atoms with Crippen LogP contribution in [0.5, 0.6) is 0 Å². The van der Waals surface area contributed by atoms with Gasteiger partial charge in [-0.05, 0) is 73.2 Å². The summed E-state index contributed by atoms with van der Waals surface area (Å²) < 4.78 is 39.9. The van der Waals surface area contributed by atoms with Crippen molar-refractivity contribution in [2.75, 3.05) is 98.1 Å². The molecule has 0 aliphatic carbocycles. The maximum atomic E-state index is 15.0. The number of carbonyl (C=O) groups is 6. The molecule has 4 fully saturated rings. The van der Waals surface area contributed by atoms with Crippen LogP contribution in [0, 0.1) is 31.9 Å². The van der Waals surface area contributed by atoms with Crippen molar-refractivity contribution in [1.29, 1.82) is 0 Å². The first-order valence-corrected chi connectivity index (χ1v) is 25.1. The average Bonchev–Trinajstić information content (AvgIpc) is 3.99. The highest BCUT2D eigenvalue weighted by Gasteiger charge is 2.34. The fourth-order valence-corrected chi connectivity index (χ4v) is 8.75. The molecule has 0 unspecified atom stereocenters. The predicted molar refractivity (Wildman–Crippen MR) is 279 cm³/mol. The topological polar surface area (TPSA) is 280 Å². The maximum absolute atomic E-state index is 15.0. The Morgan fingerprint density at radius 3 is 1.44 bits per heavy atom. The summed E-state index contributed by atoms with van der Waals surface area (Å²) in [7, 11) is 0. The second-order valence-electron chi connectivity index (χ2n) is 18.4. The molecule has 4 aliphatic rings. The molecule has 4 aromatic carbocycles. The van der Waals surface area contributed by atoms with E-state index in [1.165, 1.54) is 60.0 Å². The summed E-state index contributed by atoms with van der Waals surface area (Å²) in [5.41, 5.74) is 3.74. The van der Waals surface area contributed by atoms with Gasteiger partial charge in [-0.15, -0.1) is 0 Å². The molecule has 4 aromatic rings. The third-order valence-electron chi connectivity index (χ3n) is 12.8. The highest BCUT2D eigenvalue weighted by molar-refractivity contribution is 5.91. The lowest BCUT2D eigenvalue weighted by Gasteiger charge is -2.36. The number of aryl methyl sites for hydroxylation is 2. The van der Waals surface area contributed by atoms with Crippen molar-refractivity contribution in [1.82, 2.24) is 20.9 Å². The Balaban J connectivity index is 0.000000209. The van der Waals surface area contributed by atoms with Gasteiger partial charge in [-0.3, -0.25) is 49.2 Å². The molecule has 4 saturated heterocycles. The molecule has 2 atom stereocenters. The fraction of sp³-hybridized carbons (Fsp3) is 0.423. The summed E-state index contributed by atoms with van der Waals surface area (Å²) in [5.74, 6) is -2.02. The lowest BCUT2D eigenvalue weighted by atomic mass is 10.1. The molecular formula is C52H62F2N10O13. The molecule has 0 aromatic heterocycles. The van der Waals surface area contributed by atoms with Gasteiger partial charge in [0.15, 0.2) is 0 Å². The van der Waals surface area contributed by atoms with Crippen LogP contribution in [0.1, 0.15) is 50.7 Å². The number of anilines is 4. The predicted octanol–water partition coefficient (Wildman–Crippen LogP) is 5.57. The molecular weight excluding hydrogens is 1010 g/mol. The van der Waals surface area contributed by atoms with Gasteiger partial charge < -0.3 is 45.2 Å². The number of halogens is 2. The number of carboxylic acids is 1. The number of amides is 5. The summed E-state index contributed by atoms with van der Waals surface area (Å²) >= 11 is 0. The SMILES string of the molecule is CC(=O)NC[C@H]1CN(c2ccc(N3CCN(C(=O)CCCc4ccc([N+](=O)[O-])cc4)CC3)c(F)c2)C(=O)O1.CC(=O)NC[C@H]1CN(c2ccc(N3CCNCC3)c(F)c2)C(=O)O1.O=C(O)CCCc1ccc([N+](=O)[O-])cc1. The number of carbonyl (C=O) groups excluding carboxylic acids is 5. The summed E-state index contributed by atoms with van der Waals surface area (Å²) in [6.45, 7) is 8.77. The Morgan fingerprint density at radius 1 is 0.636 bits per heavy atom. The van der Waals surface area contributed by atoms with Crippen molar-refractivity contribution in [3.8, 4) is 0 Å². The van der Waals surface area contributed by atoms with Gasteiger partial charge in [0.25, 0.3) is 11.4 Å². The van der Waals surface area contributed by atoms with E-state index in [9.17, 15) is 53.4 Å². The molecule has 8 rings (SSSR count). The molecule has 0 spiro atoms. The first-order chi connectivity index (χ1) is 36.8. The minimum absolute atomic E-state index is 0.0312. The second-order valence-corrected chi connectivity index (χ2v) is 18.4. The zero-order valence-electron chi connectivity index (χ0n) is 42.7. The molecule has 0 saturated carbocycles. The summed E-state index contributed by atoms with van der Waals surface area (Å²) in [4.78, 5) is 97.7. The Labute approximate surface area is 442 Å². The van der Waals surface area contributed by atoms with Gasteiger partial charge in [-0.2, -0.15) is 0 Å². The summed E-state index contributed by atoms with van der Waals surface area (Å²) in [6.07, 6.45) is 0.903. The number of benzene rings is 4. The highest BCUT2D eigenvalue weighted by atomic mass is 19.1. The number of non-ortho nitro benzene ring substituents is 2. The Hall–Kier alpha value is -8.48. The van der Waals surface area contributed by atoms with Crippen molar-refractivity contribution < 1.29 is 62.0 Å². The molecule has 0 bridgehead atoms. The van der Waals surface area contributed by atoms with Crippen LogP contribution >= 0.6 is 0 Å². The van der Waals surface area contributed by atoms with Crippen LogP contribution < -0.4 is 35.6 Å². The number of rotatable bonds is 18. The average molecular weight is 1070 g/mol. The molecule has 5 amide bonds. The molecule has 77 heavy (non-hydrogen) atoms. The molecule has 25 heteroatoms. The summed E-state index contributed by atoms with van der Waals surface area (Å²) in [5, 5.41) is 38.0. The summed E-state index contributed by atoms with van der Waals surface area (Å²) in [6, 6.07) is 21.9. The normalized spacial score (nSPS) is 17.0. The van der Waals surface area contributed by atoms with E-state index in [1.807, 2.05) is 9.80 Å². The van der Waals surface area contributed by atoms with E-state index in [1.54, 1.807) is 53.4 Å². The third-order valence-corrected chi connectivity index (χ3v) is 12.8. The number of cyclic esters (lactones) is 2. The number of nitro groups is 2. The first-order valence-electron chi connectivity index (χ1n) is 25.1. The number of nitrogens with one attached hydrogen (secondary N) is 3. The van der Waals surface area contributed by atoms with Gasteiger partial charge in [0.2, 0.25) is 17.7 Å². The van der Waals surface area contributed by atoms with E-state index in [4.69, 9.17) is 14.6 Å². The van der Waals surface area contributed by atoms with Crippen molar-refractivity contribution in [3.05, 3.63) is 128 Å². The van der Waals surface area contributed by atoms with Crippen LogP contribution in [0.25, 0.3) is 0 Å². The lowest BCUT2D eigenvalue weighted by Crippen LogP contribution is -2.49. The van der Waals surface area contributed by atoms with Crippen LogP contribution in [0.2, 0.25) is 0 Å². The Morgan fingerprint density at radius 2 is 1.05 bits per heavy atom. The number of nitro benzene ring substituents is 2. The number of hydrogen-bond acceptors (Lipinski definition) is 15. The smallest absolute Gasteiger partial charge is 0.414 e. The minimum Gasteiger partial charge on any atom is -0.481 e. The molecule has 412 valence electrons. The van der Waals surface area contributed by atoms with Crippen molar-refractivity contribution in [2.45, 2.75) is 64.6 Å². The van der Waals surface area contributed by atoms with E-state index in [0.717, 1.165) is 37.3 Å². The number of aliphatic carboxylic acids is 1. The standard InChI is InChI=1S/C26H30FN5O6.C16H21FN4O3.C10H11NO4/c1-18(33)28-16-22-17-31(26(35)38-22)21-9-10-24(23(27)15-21)29-11-13-30(14-12-29)25(34)4-2-3-19-5-7-20(8-6-19)32(36)37;1-11(22)19-9-13-10-21(16(23)24-13)12-2-3-15(14(17)8-12)20-6-4-18-5-7-20;12-10(13)3-1-2-8-4-6-9(7-5-8)11(14)15/h5-10,15,22H,2-4,11-14,16-17H2,1H3,(H,28,33);2-3,8,13,18H,4-7,9-10H2,1H3,(H,19,22);4-7H,1-3H2,(H,12,13)/t22-;13-;/m00./s1. The zero-order chi connectivity index (χ0) is 55.6. The molecule has 0 radical (unpaired) electrons. The van der Waals surface area contributed by atoms with E-state index in [2.05, 4.69) is 16.0 Å². The number of piperazine rings is 2. The van der Waals surface area contributed by atoms with Crippen LogP contribution in [-0.4, -0.2) is 146 Å². The maximum Gasteiger partial charge on any atom is 0.414 e. The van der Waals surface area contributed by atoms with E-state index >= 15 is 4.39 Å². The van der Waals surface area contributed by atoms with Crippen LogP contribution in [0.15, 0.2) is 84.9 Å². The number of ether oxygens (including phenoxy) is 2. The van der Waals surface area contributed by atoms with E-state index in [-0.39, 0.29) is 67.5 Å². The van der Waals surface area contributed by atoms with Gasteiger partial charge in [0.05, 0.1) is 58.8 Å². The van der Waals surface area contributed by atoms with Gasteiger partial charge in [-0.25, -0.2) is 18.4 Å². The second kappa shape index (κ2) is 27.9. The Bertz CT molecular complexity index is 2740. The number of hydrogen-bond donors (Lipinski definition) is 4. The van der Waals surface area contributed by atoms with Crippen LogP contribution in [-0.2, 0) is 41.5 Å². The fourth-order valence-electron chi connectivity index (χ4n) is 8.75. The molecule has 4 aliphatic heterocycles. The number of carboxylic acid groups (broad SMARTS) is 1. The molecule has 23 nitrogen and oxygen atoms in total. The Kier molecular flexibility index (Phi) is 20.9. The van der Waals surface area contributed by atoms with Crippen LogP contribution in [0.4, 0.5) is 52.5 Å². The highest BCUT2D eigenvalue weighted by Crippen LogP contribution is 2.30. The van der Waals surface area contributed by atoms with Gasteiger partial charge >= 0.3 is 18.2 Å². The van der Waals surface area contributed by atoms with Crippen molar-refractivity contribution >= 4 is 70.0 Å². The van der Waals surface area contributed by atoms with E-state index < -0.39 is 46.0 Å². The zero-order valence-corrected chi connectivity index (χ0v) is 42.7.